The fourth-order valence-electron chi connectivity index (χ4n) is 2.23. The Morgan fingerprint density at radius 2 is 2.25 bits per heavy atom. The Labute approximate surface area is 94.4 Å². The summed E-state index contributed by atoms with van der Waals surface area (Å²) in [6.45, 7) is 1.30. The smallest absolute Gasteiger partial charge is 0.127 e. The van der Waals surface area contributed by atoms with Crippen LogP contribution in [0, 0.1) is 11.7 Å². The van der Waals surface area contributed by atoms with E-state index in [-0.39, 0.29) is 17.7 Å². The van der Waals surface area contributed by atoms with E-state index >= 15 is 0 Å². The molecule has 0 aliphatic carbocycles. The number of benzene rings is 1. The summed E-state index contributed by atoms with van der Waals surface area (Å²) in [5, 5.41) is 0. The van der Waals surface area contributed by atoms with Crippen molar-refractivity contribution in [3.63, 3.8) is 0 Å². The van der Waals surface area contributed by atoms with E-state index in [1.807, 2.05) is 0 Å². The predicted molar refractivity (Wildman–Crippen MR) is 58.7 cm³/mol. The molecule has 2 nitrogen and oxygen atoms in total. The minimum absolute atomic E-state index is 0.114. The van der Waals surface area contributed by atoms with Gasteiger partial charge in [-0.3, -0.25) is 0 Å². The van der Waals surface area contributed by atoms with E-state index in [0.29, 0.717) is 12.2 Å². The Kier molecular flexibility index (Phi) is 3.67. The van der Waals surface area contributed by atoms with Crippen molar-refractivity contribution in [2.24, 2.45) is 5.92 Å². The zero-order valence-corrected chi connectivity index (χ0v) is 9.06. The van der Waals surface area contributed by atoms with Crippen LogP contribution in [0.25, 0.3) is 0 Å². The molecule has 16 heavy (non-hydrogen) atoms. The number of ether oxygens (including phenoxy) is 1. The van der Waals surface area contributed by atoms with Crippen LogP contribution >= 0.6 is 0 Å². The number of aldehydes is 1. The lowest BCUT2D eigenvalue weighted by Crippen LogP contribution is -2.25. The third kappa shape index (κ3) is 2.30. The summed E-state index contributed by atoms with van der Waals surface area (Å²) in [5.74, 6) is -0.560. The number of halogens is 1. The van der Waals surface area contributed by atoms with Gasteiger partial charge in [0.25, 0.3) is 0 Å². The fraction of sp³-hybridized carbons (Fsp3) is 0.462. The van der Waals surface area contributed by atoms with Crippen LogP contribution < -0.4 is 0 Å². The van der Waals surface area contributed by atoms with E-state index in [2.05, 4.69) is 0 Å². The first kappa shape index (κ1) is 11.3. The van der Waals surface area contributed by atoms with Crippen molar-refractivity contribution >= 4 is 6.29 Å². The van der Waals surface area contributed by atoms with Gasteiger partial charge in [-0.2, -0.15) is 0 Å². The van der Waals surface area contributed by atoms with E-state index in [1.54, 1.807) is 18.2 Å². The molecule has 0 radical (unpaired) electrons. The molecule has 1 fully saturated rings. The third-order valence-electron chi connectivity index (χ3n) is 3.11. The SMILES string of the molecule is O=CC(c1ccccc1F)C1CCCOC1. The van der Waals surface area contributed by atoms with Crippen molar-refractivity contribution in [1.29, 1.82) is 0 Å². The molecule has 0 saturated carbocycles. The second-order valence-electron chi connectivity index (χ2n) is 4.16. The molecule has 1 saturated heterocycles. The highest BCUT2D eigenvalue weighted by atomic mass is 19.1. The molecule has 86 valence electrons. The molecule has 3 heteroatoms. The molecule has 1 aromatic carbocycles. The number of rotatable bonds is 3. The number of carbonyl (C=O) groups excluding carboxylic acids is 1. The van der Waals surface area contributed by atoms with Crippen molar-refractivity contribution in [3.8, 4) is 0 Å². The lowest BCUT2D eigenvalue weighted by molar-refractivity contribution is -0.111. The average Bonchev–Trinajstić information content (AvgIpc) is 2.34. The molecule has 1 aromatic rings. The zero-order valence-electron chi connectivity index (χ0n) is 9.06. The van der Waals surface area contributed by atoms with Gasteiger partial charge in [0.15, 0.2) is 0 Å². The van der Waals surface area contributed by atoms with Crippen LogP contribution in [0.2, 0.25) is 0 Å². The first-order valence-corrected chi connectivity index (χ1v) is 5.60. The monoisotopic (exact) mass is 222 g/mol. The van der Waals surface area contributed by atoms with Crippen LogP contribution in [-0.4, -0.2) is 19.5 Å². The second kappa shape index (κ2) is 5.21. The summed E-state index contributed by atoms with van der Waals surface area (Å²) >= 11 is 0. The standard InChI is InChI=1S/C13H15FO2/c14-13-6-2-1-5-11(13)12(8-15)10-4-3-7-16-9-10/h1-2,5-6,8,10,12H,3-4,7,9H2. The van der Waals surface area contributed by atoms with Crippen molar-refractivity contribution < 1.29 is 13.9 Å². The first-order chi connectivity index (χ1) is 7.83. The van der Waals surface area contributed by atoms with Crippen LogP contribution in [0.1, 0.15) is 24.3 Å². The summed E-state index contributed by atoms with van der Waals surface area (Å²) in [7, 11) is 0. The molecular weight excluding hydrogens is 207 g/mol. The summed E-state index contributed by atoms with van der Waals surface area (Å²) in [6.07, 6.45) is 2.72. The van der Waals surface area contributed by atoms with Gasteiger partial charge in [0.1, 0.15) is 12.1 Å². The van der Waals surface area contributed by atoms with Gasteiger partial charge in [-0.15, -0.1) is 0 Å². The summed E-state index contributed by atoms with van der Waals surface area (Å²) in [5.41, 5.74) is 0.494. The fourth-order valence-corrected chi connectivity index (χ4v) is 2.23. The molecule has 0 aromatic heterocycles. The molecule has 2 rings (SSSR count). The molecule has 0 bridgehead atoms. The molecule has 2 atom stereocenters. The quantitative estimate of drug-likeness (QED) is 0.734. The maximum Gasteiger partial charge on any atom is 0.127 e. The van der Waals surface area contributed by atoms with Crippen molar-refractivity contribution in [1.82, 2.24) is 0 Å². The minimum Gasteiger partial charge on any atom is -0.381 e. The first-order valence-electron chi connectivity index (χ1n) is 5.60. The lowest BCUT2D eigenvalue weighted by Gasteiger charge is -2.27. The van der Waals surface area contributed by atoms with Crippen LogP contribution in [-0.2, 0) is 9.53 Å². The maximum absolute atomic E-state index is 13.6. The van der Waals surface area contributed by atoms with Crippen LogP contribution in [0.15, 0.2) is 24.3 Å². The van der Waals surface area contributed by atoms with Crippen molar-refractivity contribution in [3.05, 3.63) is 35.6 Å². The normalized spacial score (nSPS) is 22.7. The average molecular weight is 222 g/mol. The Bertz CT molecular complexity index is 359. The topological polar surface area (TPSA) is 26.3 Å². The molecule has 2 unspecified atom stereocenters. The minimum atomic E-state index is -0.374. The van der Waals surface area contributed by atoms with Crippen LogP contribution in [0.3, 0.4) is 0 Å². The Hall–Kier alpha value is -1.22. The van der Waals surface area contributed by atoms with E-state index in [4.69, 9.17) is 4.74 Å². The van der Waals surface area contributed by atoms with E-state index in [1.165, 1.54) is 6.07 Å². The third-order valence-corrected chi connectivity index (χ3v) is 3.11. The zero-order chi connectivity index (χ0) is 11.4. The van der Waals surface area contributed by atoms with Gasteiger partial charge in [0.2, 0.25) is 0 Å². The van der Waals surface area contributed by atoms with Crippen molar-refractivity contribution in [2.45, 2.75) is 18.8 Å². The summed E-state index contributed by atoms with van der Waals surface area (Å²) < 4.78 is 18.9. The summed E-state index contributed by atoms with van der Waals surface area (Å²) in [4.78, 5) is 11.1. The van der Waals surface area contributed by atoms with E-state index < -0.39 is 0 Å². The molecular formula is C13H15FO2. The molecule has 0 spiro atoms. The van der Waals surface area contributed by atoms with Gasteiger partial charge < -0.3 is 9.53 Å². The van der Waals surface area contributed by atoms with Gasteiger partial charge in [-0.05, 0) is 30.4 Å². The second-order valence-corrected chi connectivity index (χ2v) is 4.16. The molecule has 0 N–H and O–H groups in total. The van der Waals surface area contributed by atoms with Crippen molar-refractivity contribution in [2.75, 3.05) is 13.2 Å². The molecule has 1 heterocycles. The maximum atomic E-state index is 13.6. The van der Waals surface area contributed by atoms with Gasteiger partial charge in [0.05, 0.1) is 6.61 Å². The van der Waals surface area contributed by atoms with Crippen LogP contribution in [0.5, 0.6) is 0 Å². The Morgan fingerprint density at radius 3 is 2.88 bits per heavy atom. The highest BCUT2D eigenvalue weighted by Gasteiger charge is 2.26. The van der Waals surface area contributed by atoms with Gasteiger partial charge in [-0.25, -0.2) is 4.39 Å². The molecule has 1 aliphatic rings. The Balaban J connectivity index is 2.21. The van der Waals surface area contributed by atoms with Gasteiger partial charge >= 0.3 is 0 Å². The number of hydrogen-bond acceptors (Lipinski definition) is 2. The highest BCUT2D eigenvalue weighted by molar-refractivity contribution is 5.63. The molecule has 0 amide bonds. The van der Waals surface area contributed by atoms with Gasteiger partial charge in [-0.1, -0.05) is 18.2 Å². The Morgan fingerprint density at radius 1 is 1.44 bits per heavy atom. The van der Waals surface area contributed by atoms with E-state index in [0.717, 1.165) is 25.7 Å². The summed E-state index contributed by atoms with van der Waals surface area (Å²) in [6, 6.07) is 6.48. The number of hydrogen-bond donors (Lipinski definition) is 0. The van der Waals surface area contributed by atoms with E-state index in [9.17, 15) is 9.18 Å². The largest absolute Gasteiger partial charge is 0.381 e. The lowest BCUT2D eigenvalue weighted by atomic mass is 9.83. The predicted octanol–water partition coefficient (Wildman–Crippen LogP) is 2.53. The van der Waals surface area contributed by atoms with Gasteiger partial charge in [0, 0.05) is 12.5 Å². The highest BCUT2D eigenvalue weighted by Crippen LogP contribution is 2.30. The molecule has 1 aliphatic heterocycles. The van der Waals surface area contributed by atoms with Crippen LogP contribution in [0.4, 0.5) is 4.39 Å². The number of carbonyl (C=O) groups is 1.